The van der Waals surface area contributed by atoms with Crippen LogP contribution < -0.4 is 20.1 Å². The van der Waals surface area contributed by atoms with Crippen LogP contribution >= 0.6 is 11.9 Å². The van der Waals surface area contributed by atoms with E-state index in [1.54, 1.807) is 38.5 Å². The van der Waals surface area contributed by atoms with Crippen LogP contribution in [-0.4, -0.2) is 58.8 Å². The van der Waals surface area contributed by atoms with E-state index in [0.29, 0.717) is 40.3 Å². The Morgan fingerprint density at radius 3 is 2.49 bits per heavy atom. The molecule has 3 N–H and O–H groups in total. The molecule has 0 aliphatic carbocycles. The number of amides is 1. The number of pyridine rings is 1. The first-order valence-electron chi connectivity index (χ1n) is 13.5. The monoisotopic (exact) mass is 597 g/mol. The topological polar surface area (TPSA) is 111 Å². The van der Waals surface area contributed by atoms with Crippen LogP contribution in [0.5, 0.6) is 5.88 Å². The van der Waals surface area contributed by atoms with E-state index in [2.05, 4.69) is 40.5 Å². The van der Waals surface area contributed by atoms with Crippen molar-refractivity contribution in [3.8, 4) is 11.7 Å². The minimum Gasteiger partial charge on any atom is -0.476 e. The van der Waals surface area contributed by atoms with Gasteiger partial charge in [-0.25, -0.2) is 9.67 Å². The molecule has 1 saturated heterocycles. The second-order valence-corrected chi connectivity index (χ2v) is 11.9. The molecule has 0 saturated carbocycles. The maximum absolute atomic E-state index is 13.3. The van der Waals surface area contributed by atoms with Gasteiger partial charge in [0.25, 0.3) is 5.91 Å². The number of nitrogens with one attached hydrogen (secondary N) is 1. The minimum atomic E-state index is -4.41. The molecule has 1 fully saturated rings. The lowest BCUT2D eigenvalue weighted by molar-refractivity contribution is -0.219. The lowest BCUT2D eigenvalue weighted by atomic mass is 9.94. The molecule has 0 aromatic carbocycles. The molecular formula is C28H42F3N7O2S. The summed E-state index contributed by atoms with van der Waals surface area (Å²) in [7, 11) is 1.62. The highest BCUT2D eigenvalue weighted by atomic mass is 32.2. The number of nitrogens with zero attached hydrogens (tertiary/aromatic N) is 5. The number of nitrogens with two attached hydrogens (primary N) is 1. The average Bonchev–Trinajstić information content (AvgIpc) is 3.48. The van der Waals surface area contributed by atoms with Gasteiger partial charge in [-0.2, -0.15) is 13.2 Å². The fraction of sp³-hybridized carbons (Fsp3) is 0.571. The van der Waals surface area contributed by atoms with E-state index in [0.717, 1.165) is 32.2 Å². The van der Waals surface area contributed by atoms with Crippen molar-refractivity contribution in [2.75, 3.05) is 25.1 Å². The first-order valence-corrected chi connectivity index (χ1v) is 14.3. The Balaban J connectivity index is 0.00000287. The van der Waals surface area contributed by atoms with Crippen molar-refractivity contribution in [2.45, 2.75) is 73.5 Å². The largest absolute Gasteiger partial charge is 0.476 e. The van der Waals surface area contributed by atoms with Gasteiger partial charge in [0.1, 0.15) is 12.4 Å². The predicted octanol–water partition coefficient (Wildman–Crippen LogP) is 6.15. The number of aliphatic imine (C=N–C) groups is 1. The van der Waals surface area contributed by atoms with Crippen molar-refractivity contribution in [3.05, 3.63) is 40.6 Å². The zero-order valence-corrected chi connectivity index (χ0v) is 26.1. The Labute approximate surface area is 244 Å². The number of hydrogen-bond acceptors (Lipinski definition) is 8. The number of ether oxygens (including phenoxy) is 1. The number of anilines is 1. The van der Waals surface area contributed by atoms with Gasteiger partial charge in [0.2, 0.25) is 5.88 Å². The van der Waals surface area contributed by atoms with Gasteiger partial charge in [-0.1, -0.05) is 20.8 Å². The third-order valence-corrected chi connectivity index (χ3v) is 7.40. The molecule has 1 unspecified atom stereocenters. The highest BCUT2D eigenvalue weighted by Crippen LogP contribution is 2.39. The number of aromatic nitrogens is 3. The van der Waals surface area contributed by atoms with E-state index in [1.165, 1.54) is 10.7 Å². The van der Waals surface area contributed by atoms with Gasteiger partial charge < -0.3 is 15.4 Å². The first kappa shape index (κ1) is 34.0. The highest BCUT2D eigenvalue weighted by Gasteiger charge is 2.48. The van der Waals surface area contributed by atoms with Gasteiger partial charge in [0.15, 0.2) is 5.82 Å². The fourth-order valence-corrected chi connectivity index (χ4v) is 4.87. The number of halogens is 3. The van der Waals surface area contributed by atoms with Crippen molar-refractivity contribution < 1.29 is 22.7 Å². The van der Waals surface area contributed by atoms with E-state index >= 15 is 0 Å². The second kappa shape index (κ2) is 13.6. The van der Waals surface area contributed by atoms with E-state index in [4.69, 9.17) is 15.5 Å². The molecule has 1 aliphatic rings. The molecule has 1 aliphatic heterocycles. The SMILES string of the molecule is CC.CN=C/C(SNC(=O)c1ccc(-n2ccc(OCC(C)(C)C(F)(F)F)n2)nc1N1CC(C)CC1(C)C)=C(/C)N. The molecule has 2 aromatic rings. The Kier molecular flexibility index (Phi) is 11.3. The lowest BCUT2D eigenvalue weighted by Gasteiger charge is -2.34. The molecule has 1 atom stereocenters. The van der Waals surface area contributed by atoms with Crippen LogP contribution in [0.2, 0.25) is 0 Å². The zero-order valence-electron chi connectivity index (χ0n) is 25.3. The summed E-state index contributed by atoms with van der Waals surface area (Å²) in [4.78, 5) is 24.8. The van der Waals surface area contributed by atoms with E-state index in [1.807, 2.05) is 13.8 Å². The molecule has 1 amide bonds. The second-order valence-electron chi connectivity index (χ2n) is 11.0. The number of hydrogen-bond donors (Lipinski definition) is 2. The minimum absolute atomic E-state index is 0.0399. The normalized spacial score (nSPS) is 17.7. The number of allylic oxidation sites excluding steroid dienone is 2. The maximum Gasteiger partial charge on any atom is 0.397 e. The molecule has 0 spiro atoms. The van der Waals surface area contributed by atoms with Crippen LogP contribution in [0.1, 0.15) is 72.2 Å². The molecular weight excluding hydrogens is 555 g/mol. The van der Waals surface area contributed by atoms with Gasteiger partial charge in [-0.3, -0.25) is 14.5 Å². The number of rotatable bonds is 9. The number of carbonyl (C=O) groups is 1. The molecule has 0 bridgehead atoms. The fourth-order valence-electron chi connectivity index (χ4n) is 4.24. The van der Waals surface area contributed by atoms with Crippen LogP contribution in [0.3, 0.4) is 0 Å². The summed E-state index contributed by atoms with van der Waals surface area (Å²) >= 11 is 1.07. The highest BCUT2D eigenvalue weighted by molar-refractivity contribution is 8.02. The summed E-state index contributed by atoms with van der Waals surface area (Å²) in [6, 6.07) is 4.77. The first-order chi connectivity index (χ1) is 19.1. The van der Waals surface area contributed by atoms with Crippen LogP contribution in [0, 0.1) is 11.3 Å². The summed E-state index contributed by atoms with van der Waals surface area (Å²) in [5.41, 5.74) is 4.49. The van der Waals surface area contributed by atoms with Gasteiger partial charge in [-0.15, -0.1) is 5.10 Å². The Hall–Kier alpha value is -3.22. The van der Waals surface area contributed by atoms with Gasteiger partial charge in [0.05, 0.1) is 15.9 Å². The van der Waals surface area contributed by atoms with Crippen molar-refractivity contribution in [3.63, 3.8) is 0 Å². The van der Waals surface area contributed by atoms with Crippen molar-refractivity contribution in [1.29, 1.82) is 0 Å². The Morgan fingerprint density at radius 1 is 1.29 bits per heavy atom. The van der Waals surface area contributed by atoms with Gasteiger partial charge in [-0.05, 0) is 71.0 Å². The molecule has 41 heavy (non-hydrogen) atoms. The van der Waals surface area contributed by atoms with E-state index in [-0.39, 0.29) is 17.3 Å². The smallest absolute Gasteiger partial charge is 0.397 e. The molecule has 3 rings (SSSR count). The summed E-state index contributed by atoms with van der Waals surface area (Å²) < 4.78 is 49.2. The van der Waals surface area contributed by atoms with Crippen LogP contribution in [0.25, 0.3) is 5.82 Å². The summed E-state index contributed by atoms with van der Waals surface area (Å²) in [5, 5.41) is 4.27. The summed E-state index contributed by atoms with van der Waals surface area (Å²) in [5.74, 6) is 0.943. The molecule has 13 heteroatoms. The number of carbonyl (C=O) groups excluding carboxylic acids is 1. The van der Waals surface area contributed by atoms with Crippen molar-refractivity contribution in [2.24, 2.45) is 22.1 Å². The zero-order chi connectivity index (χ0) is 31.2. The number of alkyl halides is 3. The molecule has 228 valence electrons. The van der Waals surface area contributed by atoms with Crippen LogP contribution in [0.4, 0.5) is 19.0 Å². The van der Waals surface area contributed by atoms with E-state index in [9.17, 15) is 18.0 Å². The Morgan fingerprint density at radius 2 is 1.95 bits per heavy atom. The third kappa shape index (κ3) is 8.40. The third-order valence-electron chi connectivity index (χ3n) is 6.47. The van der Waals surface area contributed by atoms with Crippen molar-refractivity contribution >= 4 is 29.9 Å². The van der Waals surface area contributed by atoms with Crippen LogP contribution in [-0.2, 0) is 0 Å². The molecule has 9 nitrogen and oxygen atoms in total. The summed E-state index contributed by atoms with van der Waals surface area (Å²) in [6.45, 7) is 14.3. The molecule has 2 aromatic heterocycles. The summed E-state index contributed by atoms with van der Waals surface area (Å²) in [6.07, 6.45) is -0.375. The Bertz CT molecular complexity index is 1250. The maximum atomic E-state index is 13.3. The lowest BCUT2D eigenvalue weighted by Crippen LogP contribution is -2.40. The molecule has 0 radical (unpaired) electrons. The van der Waals surface area contributed by atoms with Gasteiger partial charge >= 0.3 is 6.18 Å². The van der Waals surface area contributed by atoms with Crippen LogP contribution in [0.15, 0.2) is 40.0 Å². The van der Waals surface area contributed by atoms with Crippen molar-refractivity contribution in [1.82, 2.24) is 19.5 Å². The molecule has 3 heterocycles. The average molecular weight is 598 g/mol. The van der Waals surface area contributed by atoms with Gasteiger partial charge in [0, 0.05) is 43.3 Å². The quantitative estimate of drug-likeness (QED) is 0.263. The standard InChI is InChI=1S/C26H36F3N7O2S.C2H6/c1-16-12-25(5,6)35(14-16)22-18(23(37)34-39-19(13-31-7)17(2)30)8-9-20(32-22)36-11-10-21(33-36)38-15-24(3,4)26(27,28)29;1-2/h8-11,13,16H,12,14-15,30H2,1-7H3,(H,34,37);1-2H3/b19-17+,31-13?;. The predicted molar refractivity (Wildman–Crippen MR) is 160 cm³/mol. The van der Waals surface area contributed by atoms with E-state index < -0.39 is 18.2 Å².